The summed E-state index contributed by atoms with van der Waals surface area (Å²) in [6.07, 6.45) is 0. The van der Waals surface area contributed by atoms with E-state index in [0.717, 1.165) is 39.4 Å². The molecule has 2 aromatic heterocycles. The fraction of sp³-hybridized carbons (Fsp3) is 0.321. The molecule has 1 aliphatic heterocycles. The van der Waals surface area contributed by atoms with Crippen molar-refractivity contribution in [1.29, 1.82) is 0 Å². The van der Waals surface area contributed by atoms with Gasteiger partial charge in [-0.1, -0.05) is 60.6 Å². The Morgan fingerprint density at radius 2 is 1.53 bits per heavy atom. The lowest BCUT2D eigenvalue weighted by atomic mass is 9.79. The fourth-order valence-electron chi connectivity index (χ4n) is 4.66. The van der Waals surface area contributed by atoms with Gasteiger partial charge in [0.2, 0.25) is 0 Å². The van der Waals surface area contributed by atoms with E-state index in [1.807, 2.05) is 65.1 Å². The van der Waals surface area contributed by atoms with Gasteiger partial charge < -0.3 is 29.3 Å². The third kappa shape index (κ3) is 5.23. The molecule has 1 unspecified atom stereocenters. The third-order valence-corrected chi connectivity index (χ3v) is 6.77. The van der Waals surface area contributed by atoms with E-state index in [-0.39, 0.29) is 6.03 Å². The molecule has 4 aromatic rings. The van der Waals surface area contributed by atoms with Crippen molar-refractivity contribution in [1.82, 2.24) is 15.2 Å². The third-order valence-electron chi connectivity index (χ3n) is 6.77. The van der Waals surface area contributed by atoms with Crippen LogP contribution in [0.15, 0.2) is 57.6 Å². The van der Waals surface area contributed by atoms with E-state index in [1.165, 1.54) is 0 Å². The lowest BCUT2D eigenvalue weighted by Gasteiger charge is -2.44. The summed E-state index contributed by atoms with van der Waals surface area (Å²) in [6.45, 7) is 13.2. The standard InChI is InChI=1S/C21H21N3O2.C5H8BNO3.C2H6/c1-13-19(14(2)26-23-13)15-10-11-18-17(12-15)21(3,24(4)20(25)22-18)16-8-6-5-7-9-16;1-3-5(6(8)9)4(2)10-7-3;1-2/h5-12H,1-4H3,(H,22,25);8-9H,1-2H3;1-2H3. The summed E-state index contributed by atoms with van der Waals surface area (Å²) in [6, 6.07) is 16.1. The summed E-state index contributed by atoms with van der Waals surface area (Å²) in [5.41, 5.74) is 6.14. The average Bonchev–Trinajstić information content (AvgIpc) is 3.44. The summed E-state index contributed by atoms with van der Waals surface area (Å²) >= 11 is 0. The Kier molecular flexibility index (Phi) is 8.80. The second kappa shape index (κ2) is 11.7. The molecule has 0 fully saturated rings. The molecule has 10 heteroatoms. The first-order valence-electron chi connectivity index (χ1n) is 12.5. The van der Waals surface area contributed by atoms with Crippen LogP contribution in [0.1, 0.15) is 54.8 Å². The molecule has 0 radical (unpaired) electrons. The maximum atomic E-state index is 12.6. The summed E-state index contributed by atoms with van der Waals surface area (Å²) in [7, 11) is 0.347. The van der Waals surface area contributed by atoms with Crippen LogP contribution in [0.25, 0.3) is 11.1 Å². The number of anilines is 1. The van der Waals surface area contributed by atoms with Gasteiger partial charge in [-0.3, -0.25) is 0 Å². The minimum absolute atomic E-state index is 0.117. The van der Waals surface area contributed by atoms with Crippen molar-refractivity contribution in [3.63, 3.8) is 0 Å². The van der Waals surface area contributed by atoms with Crippen LogP contribution in [0, 0.1) is 27.7 Å². The van der Waals surface area contributed by atoms with Gasteiger partial charge in [-0.05, 0) is 57.9 Å². The van der Waals surface area contributed by atoms with Crippen LogP contribution < -0.4 is 10.8 Å². The summed E-state index contributed by atoms with van der Waals surface area (Å²) in [5, 5.41) is 28.1. The number of urea groups is 1. The van der Waals surface area contributed by atoms with Crippen LogP contribution in [0.3, 0.4) is 0 Å². The first kappa shape index (κ1) is 28.7. The van der Waals surface area contributed by atoms with Crippen molar-refractivity contribution in [3.8, 4) is 11.1 Å². The van der Waals surface area contributed by atoms with Gasteiger partial charge in [0.1, 0.15) is 11.5 Å². The van der Waals surface area contributed by atoms with Crippen LogP contribution in [0.4, 0.5) is 10.5 Å². The predicted molar refractivity (Wildman–Crippen MR) is 148 cm³/mol. The largest absolute Gasteiger partial charge is 0.494 e. The number of fused-ring (bicyclic) bond motifs is 1. The monoisotopic (exact) mass is 518 g/mol. The number of aryl methyl sites for hydroxylation is 4. The number of hydrogen-bond donors (Lipinski definition) is 3. The number of aromatic nitrogens is 2. The molecule has 2 aromatic carbocycles. The highest BCUT2D eigenvalue weighted by Crippen LogP contribution is 2.44. The zero-order valence-corrected chi connectivity index (χ0v) is 23.2. The molecule has 0 saturated carbocycles. The van der Waals surface area contributed by atoms with Gasteiger partial charge in [0.05, 0.1) is 16.9 Å². The maximum Gasteiger partial charge on any atom is 0.494 e. The second-order valence-electron chi connectivity index (χ2n) is 9.00. The SMILES string of the molecule is CC.Cc1noc(C)c1-c1ccc2c(c1)C(C)(c1ccccc1)N(C)C(=O)N2.Cc1noc(C)c1B(O)O. The molecular weight excluding hydrogens is 483 g/mol. The number of hydrogen-bond acceptors (Lipinski definition) is 7. The molecule has 9 nitrogen and oxygen atoms in total. The molecule has 1 atom stereocenters. The van der Waals surface area contributed by atoms with E-state index in [0.29, 0.717) is 16.9 Å². The van der Waals surface area contributed by atoms with E-state index in [2.05, 4.69) is 45.3 Å². The molecule has 0 spiro atoms. The summed E-state index contributed by atoms with van der Waals surface area (Å²) in [4.78, 5) is 14.3. The predicted octanol–water partition coefficient (Wildman–Crippen LogP) is 4.70. The van der Waals surface area contributed by atoms with Crippen LogP contribution in [0.5, 0.6) is 0 Å². The van der Waals surface area contributed by atoms with Gasteiger partial charge in [0.15, 0.2) is 0 Å². The van der Waals surface area contributed by atoms with Gasteiger partial charge in [0.25, 0.3) is 0 Å². The molecule has 0 aliphatic carbocycles. The first-order chi connectivity index (χ1) is 18.1. The highest BCUT2D eigenvalue weighted by Gasteiger charge is 2.42. The van der Waals surface area contributed by atoms with Crippen molar-refractivity contribution in [2.75, 3.05) is 12.4 Å². The maximum absolute atomic E-state index is 12.6. The number of nitrogens with zero attached hydrogens (tertiary/aromatic N) is 3. The molecule has 1 aliphatic rings. The van der Waals surface area contributed by atoms with Crippen LogP contribution in [-0.2, 0) is 5.54 Å². The van der Waals surface area contributed by atoms with E-state index in [4.69, 9.17) is 14.6 Å². The second-order valence-corrected chi connectivity index (χ2v) is 9.00. The normalized spacial score (nSPS) is 15.9. The minimum Gasteiger partial charge on any atom is -0.423 e. The van der Waals surface area contributed by atoms with Crippen molar-refractivity contribution >= 4 is 24.3 Å². The Labute approximate surface area is 223 Å². The lowest BCUT2D eigenvalue weighted by molar-refractivity contribution is 0.175. The van der Waals surface area contributed by atoms with Crippen LogP contribution in [-0.4, -0.2) is 45.5 Å². The van der Waals surface area contributed by atoms with Crippen molar-refractivity contribution in [3.05, 3.63) is 82.6 Å². The summed E-state index contributed by atoms with van der Waals surface area (Å²) in [5.74, 6) is 1.24. The van der Waals surface area contributed by atoms with Crippen LogP contribution in [0.2, 0.25) is 0 Å². The Morgan fingerprint density at radius 1 is 0.921 bits per heavy atom. The number of nitrogens with one attached hydrogen (secondary N) is 1. The molecule has 0 bridgehead atoms. The highest BCUT2D eigenvalue weighted by molar-refractivity contribution is 6.59. The molecular formula is C28H35BN4O5. The van der Waals surface area contributed by atoms with E-state index in [1.54, 1.807) is 18.7 Å². The molecule has 5 rings (SSSR count). The average molecular weight is 518 g/mol. The highest BCUT2D eigenvalue weighted by atomic mass is 16.5. The first-order valence-corrected chi connectivity index (χ1v) is 12.5. The Morgan fingerprint density at radius 3 is 2.03 bits per heavy atom. The molecule has 0 saturated heterocycles. The van der Waals surface area contributed by atoms with Crippen molar-refractivity contribution < 1.29 is 23.9 Å². The van der Waals surface area contributed by atoms with Gasteiger partial charge >= 0.3 is 13.1 Å². The zero-order valence-electron chi connectivity index (χ0n) is 23.2. The van der Waals surface area contributed by atoms with Crippen molar-refractivity contribution in [2.24, 2.45) is 0 Å². The Bertz CT molecular complexity index is 1360. The number of amides is 2. The zero-order chi connectivity index (χ0) is 28.2. The molecule has 2 amide bonds. The quantitative estimate of drug-likeness (QED) is 0.336. The van der Waals surface area contributed by atoms with Gasteiger partial charge in [0, 0.05) is 29.3 Å². The fourth-order valence-corrected chi connectivity index (χ4v) is 4.66. The van der Waals surface area contributed by atoms with E-state index < -0.39 is 12.7 Å². The lowest BCUT2D eigenvalue weighted by Crippen LogP contribution is -2.51. The Hall–Kier alpha value is -3.89. The van der Waals surface area contributed by atoms with E-state index in [9.17, 15) is 4.79 Å². The van der Waals surface area contributed by atoms with Gasteiger partial charge in [-0.25, -0.2) is 4.79 Å². The van der Waals surface area contributed by atoms with E-state index >= 15 is 0 Å². The molecule has 38 heavy (non-hydrogen) atoms. The molecule has 3 heterocycles. The van der Waals surface area contributed by atoms with Crippen LogP contribution >= 0.6 is 0 Å². The smallest absolute Gasteiger partial charge is 0.423 e. The van der Waals surface area contributed by atoms with Gasteiger partial charge in [-0.15, -0.1) is 0 Å². The number of benzene rings is 2. The number of carbonyl (C=O) groups is 1. The molecule has 3 N–H and O–H groups in total. The van der Waals surface area contributed by atoms with Crippen molar-refractivity contribution in [2.45, 2.75) is 54.0 Å². The number of carbonyl (C=O) groups excluding carboxylic acids is 1. The van der Waals surface area contributed by atoms with Gasteiger partial charge in [-0.2, -0.15) is 0 Å². The topological polar surface area (TPSA) is 125 Å². The molecule has 200 valence electrons. The summed E-state index contributed by atoms with van der Waals surface area (Å²) < 4.78 is 10.0. The number of rotatable bonds is 3. The Balaban J connectivity index is 0.000000280. The minimum atomic E-state index is -1.48.